The van der Waals surface area contributed by atoms with Gasteiger partial charge in [0.25, 0.3) is 10.0 Å². The molecule has 2 heterocycles. The van der Waals surface area contributed by atoms with E-state index in [2.05, 4.69) is 39.8 Å². The maximum atomic E-state index is 12.4. The Labute approximate surface area is 163 Å². The molecular weight excluding hydrogens is 390 g/mol. The van der Waals surface area contributed by atoms with Crippen LogP contribution in [0.2, 0.25) is 0 Å². The second kappa shape index (κ2) is 9.45. The van der Waals surface area contributed by atoms with E-state index < -0.39 is 10.0 Å². The molecule has 0 fully saturated rings. The number of hydrogen-bond donors (Lipinski definition) is 2. The topological polar surface area (TPSA) is 86.7 Å². The van der Waals surface area contributed by atoms with Crippen molar-refractivity contribution in [3.63, 3.8) is 0 Å². The average molecular weight is 416 g/mol. The Kier molecular flexibility index (Phi) is 7.56. The molecule has 10 heteroatoms. The van der Waals surface area contributed by atoms with Gasteiger partial charge in [-0.1, -0.05) is 19.9 Å². The first kappa shape index (κ1) is 20.8. The van der Waals surface area contributed by atoms with E-state index in [1.54, 1.807) is 42.9 Å². The summed E-state index contributed by atoms with van der Waals surface area (Å²) in [6.45, 7) is 5.62. The summed E-state index contributed by atoms with van der Waals surface area (Å²) in [6, 6.07) is 3.35. The number of aliphatic imine (C=N–C) groups is 1. The Morgan fingerprint density at radius 3 is 2.69 bits per heavy atom. The molecule has 26 heavy (non-hydrogen) atoms. The summed E-state index contributed by atoms with van der Waals surface area (Å²) in [5.41, 5.74) is 1.09. The van der Waals surface area contributed by atoms with E-state index in [0.29, 0.717) is 35.7 Å². The summed E-state index contributed by atoms with van der Waals surface area (Å²) in [5.74, 6) is 1.03. The van der Waals surface area contributed by atoms with Crippen LogP contribution in [0.3, 0.4) is 0 Å². The van der Waals surface area contributed by atoms with Crippen molar-refractivity contribution < 1.29 is 8.42 Å². The van der Waals surface area contributed by atoms with Crippen LogP contribution in [0.15, 0.2) is 32.1 Å². The molecule has 2 N–H and O–H groups in total. The molecule has 2 aromatic heterocycles. The van der Waals surface area contributed by atoms with Gasteiger partial charge in [-0.15, -0.1) is 22.7 Å². The first-order valence-electron chi connectivity index (χ1n) is 8.23. The summed E-state index contributed by atoms with van der Waals surface area (Å²) >= 11 is 2.84. The molecule has 0 aliphatic heterocycles. The van der Waals surface area contributed by atoms with Crippen molar-refractivity contribution in [2.45, 2.75) is 30.5 Å². The quantitative estimate of drug-likeness (QED) is 0.510. The van der Waals surface area contributed by atoms with Crippen LogP contribution < -0.4 is 10.6 Å². The summed E-state index contributed by atoms with van der Waals surface area (Å²) < 4.78 is 26.4. The Morgan fingerprint density at radius 2 is 2.12 bits per heavy atom. The van der Waals surface area contributed by atoms with Crippen molar-refractivity contribution in [3.05, 3.63) is 33.6 Å². The van der Waals surface area contributed by atoms with Gasteiger partial charge >= 0.3 is 0 Å². The number of guanidine groups is 1. The fourth-order valence-corrected chi connectivity index (χ4v) is 5.34. The lowest BCUT2D eigenvalue weighted by Crippen LogP contribution is -2.41. The fraction of sp³-hybridized carbons (Fsp3) is 0.500. The van der Waals surface area contributed by atoms with Crippen molar-refractivity contribution in [1.82, 2.24) is 19.9 Å². The van der Waals surface area contributed by atoms with Crippen LogP contribution in [-0.2, 0) is 16.6 Å². The molecule has 0 spiro atoms. The number of aromatic nitrogens is 1. The Hall–Kier alpha value is -1.49. The van der Waals surface area contributed by atoms with Gasteiger partial charge in [0, 0.05) is 32.6 Å². The standard InChI is InChI=1S/C16H25N5O2S3/c1-12(2)13-11-25-14(20-13)10-19-16(17-3)18-7-8-21(4)26(22,23)15-6-5-9-24-15/h5-6,9,11-12H,7-8,10H2,1-4H3,(H2,17,18,19). The summed E-state index contributed by atoms with van der Waals surface area (Å²) in [7, 11) is -0.155. The zero-order chi connectivity index (χ0) is 19.2. The number of thiophene rings is 1. The van der Waals surface area contributed by atoms with Crippen molar-refractivity contribution in [2.75, 3.05) is 27.2 Å². The number of likely N-dealkylation sites (N-methyl/N-ethyl adjacent to an activating group) is 1. The molecule has 0 saturated carbocycles. The van der Waals surface area contributed by atoms with Crippen LogP contribution in [0.1, 0.15) is 30.5 Å². The third-order valence-electron chi connectivity index (χ3n) is 3.67. The first-order chi connectivity index (χ1) is 12.3. The summed E-state index contributed by atoms with van der Waals surface area (Å²) in [5, 5.41) is 11.2. The highest BCUT2D eigenvalue weighted by Gasteiger charge is 2.21. The van der Waals surface area contributed by atoms with Gasteiger partial charge < -0.3 is 10.6 Å². The van der Waals surface area contributed by atoms with E-state index in [1.165, 1.54) is 15.6 Å². The second-order valence-electron chi connectivity index (χ2n) is 5.93. The van der Waals surface area contributed by atoms with Crippen molar-refractivity contribution in [1.29, 1.82) is 0 Å². The van der Waals surface area contributed by atoms with Crippen molar-refractivity contribution >= 4 is 38.7 Å². The first-order valence-corrected chi connectivity index (χ1v) is 11.4. The van der Waals surface area contributed by atoms with Crippen LogP contribution in [0.25, 0.3) is 0 Å². The minimum absolute atomic E-state index is 0.343. The van der Waals surface area contributed by atoms with E-state index in [4.69, 9.17) is 0 Å². The van der Waals surface area contributed by atoms with Gasteiger partial charge in [-0.05, 0) is 17.4 Å². The van der Waals surface area contributed by atoms with Gasteiger partial charge in [0.2, 0.25) is 0 Å². The van der Waals surface area contributed by atoms with Gasteiger partial charge in [0.15, 0.2) is 5.96 Å². The van der Waals surface area contributed by atoms with Crippen LogP contribution >= 0.6 is 22.7 Å². The van der Waals surface area contributed by atoms with Gasteiger partial charge in [-0.2, -0.15) is 4.31 Å². The highest BCUT2D eigenvalue weighted by atomic mass is 32.2. The highest BCUT2D eigenvalue weighted by molar-refractivity contribution is 7.91. The van der Waals surface area contributed by atoms with Gasteiger partial charge in [-0.25, -0.2) is 13.4 Å². The third-order valence-corrected chi connectivity index (χ3v) is 7.77. The highest BCUT2D eigenvalue weighted by Crippen LogP contribution is 2.19. The molecule has 0 aromatic carbocycles. The number of nitrogens with one attached hydrogen (secondary N) is 2. The zero-order valence-electron chi connectivity index (χ0n) is 15.4. The predicted octanol–water partition coefficient (Wildman–Crippen LogP) is 2.31. The normalized spacial score (nSPS) is 12.8. The Balaban J connectivity index is 1.79. The maximum Gasteiger partial charge on any atom is 0.252 e. The van der Waals surface area contributed by atoms with E-state index in [-0.39, 0.29) is 0 Å². The molecule has 0 unspecified atom stereocenters. The van der Waals surface area contributed by atoms with E-state index in [1.807, 2.05) is 0 Å². The smallest absolute Gasteiger partial charge is 0.252 e. The number of thiazole rings is 1. The molecule has 0 atom stereocenters. The number of nitrogens with zero attached hydrogens (tertiary/aromatic N) is 3. The molecule has 0 radical (unpaired) electrons. The molecule has 0 bridgehead atoms. The van der Waals surface area contributed by atoms with Gasteiger partial charge in [-0.3, -0.25) is 4.99 Å². The van der Waals surface area contributed by atoms with Gasteiger partial charge in [0.1, 0.15) is 9.22 Å². The second-order valence-corrected chi connectivity index (χ2v) is 10.1. The molecule has 2 aromatic rings. The van der Waals surface area contributed by atoms with Crippen LogP contribution in [0, 0.1) is 0 Å². The molecular formula is C16H25N5O2S3. The maximum absolute atomic E-state index is 12.4. The Bertz CT molecular complexity index is 813. The minimum atomic E-state index is -3.42. The van der Waals surface area contributed by atoms with Crippen molar-refractivity contribution in [3.8, 4) is 0 Å². The lowest BCUT2D eigenvalue weighted by Gasteiger charge is -2.17. The fourth-order valence-electron chi connectivity index (χ4n) is 2.07. The number of sulfonamides is 1. The SMILES string of the molecule is CN=C(NCCN(C)S(=O)(=O)c1cccs1)NCc1nc(C(C)C)cs1. The number of hydrogen-bond acceptors (Lipinski definition) is 6. The minimum Gasteiger partial charge on any atom is -0.355 e. The largest absolute Gasteiger partial charge is 0.355 e. The molecule has 144 valence electrons. The van der Waals surface area contributed by atoms with E-state index in [0.717, 1.165) is 10.7 Å². The van der Waals surface area contributed by atoms with E-state index in [9.17, 15) is 8.42 Å². The average Bonchev–Trinajstić information content (AvgIpc) is 3.29. The number of rotatable bonds is 8. The lowest BCUT2D eigenvalue weighted by atomic mass is 10.2. The summed E-state index contributed by atoms with van der Waals surface area (Å²) in [6.07, 6.45) is 0. The Morgan fingerprint density at radius 1 is 1.35 bits per heavy atom. The monoisotopic (exact) mass is 415 g/mol. The third kappa shape index (κ3) is 5.50. The molecule has 0 saturated heterocycles. The molecule has 0 aliphatic carbocycles. The van der Waals surface area contributed by atoms with Crippen LogP contribution in [-0.4, -0.2) is 50.9 Å². The molecule has 0 aliphatic rings. The molecule has 2 rings (SSSR count). The molecule has 7 nitrogen and oxygen atoms in total. The zero-order valence-corrected chi connectivity index (χ0v) is 17.8. The van der Waals surface area contributed by atoms with Crippen LogP contribution in [0.4, 0.5) is 0 Å². The molecule has 0 amide bonds. The lowest BCUT2D eigenvalue weighted by molar-refractivity contribution is 0.471. The van der Waals surface area contributed by atoms with Gasteiger partial charge in [0.05, 0.1) is 12.2 Å². The van der Waals surface area contributed by atoms with Crippen LogP contribution in [0.5, 0.6) is 0 Å². The van der Waals surface area contributed by atoms with Crippen molar-refractivity contribution in [2.24, 2.45) is 4.99 Å². The predicted molar refractivity (Wildman–Crippen MR) is 109 cm³/mol. The van der Waals surface area contributed by atoms with E-state index >= 15 is 0 Å². The summed E-state index contributed by atoms with van der Waals surface area (Å²) in [4.78, 5) is 8.73.